The van der Waals surface area contributed by atoms with Crippen LogP contribution in [0.2, 0.25) is 5.02 Å². The number of hydrogen-bond acceptors (Lipinski definition) is 4. The molecule has 1 aliphatic heterocycles. The standard InChI is InChI=1S/C22H27ClN2O4S/c1-15-6-4-5-13-25(15)30(27,28)21-14-18(9-12-20(21)29-3)22(26)24-16(2)17-7-10-19(23)11-8-17/h7-12,14-16H,4-6,13H2,1-3H3,(H,24,26). The topological polar surface area (TPSA) is 75.7 Å². The molecule has 1 saturated heterocycles. The van der Waals surface area contributed by atoms with Gasteiger partial charge in [-0.15, -0.1) is 0 Å². The molecule has 2 atom stereocenters. The van der Waals surface area contributed by atoms with Crippen molar-refractivity contribution in [1.29, 1.82) is 0 Å². The summed E-state index contributed by atoms with van der Waals surface area (Å²) in [7, 11) is -2.35. The molecule has 0 spiro atoms. The van der Waals surface area contributed by atoms with E-state index in [0.717, 1.165) is 24.8 Å². The maximum Gasteiger partial charge on any atom is 0.251 e. The molecule has 8 heteroatoms. The van der Waals surface area contributed by atoms with Crippen LogP contribution < -0.4 is 10.1 Å². The molecule has 3 rings (SSSR count). The molecule has 0 saturated carbocycles. The summed E-state index contributed by atoms with van der Waals surface area (Å²) in [4.78, 5) is 12.8. The number of benzene rings is 2. The van der Waals surface area contributed by atoms with E-state index in [9.17, 15) is 13.2 Å². The zero-order valence-electron chi connectivity index (χ0n) is 17.4. The number of nitrogens with one attached hydrogen (secondary N) is 1. The van der Waals surface area contributed by atoms with Crippen molar-refractivity contribution in [1.82, 2.24) is 9.62 Å². The summed E-state index contributed by atoms with van der Waals surface area (Å²) in [5.74, 6) is -0.127. The molecular formula is C22H27ClN2O4S. The highest BCUT2D eigenvalue weighted by Crippen LogP contribution is 2.32. The van der Waals surface area contributed by atoms with E-state index in [2.05, 4.69) is 5.32 Å². The average Bonchev–Trinajstić information content (AvgIpc) is 2.73. The lowest BCUT2D eigenvalue weighted by Gasteiger charge is -2.32. The van der Waals surface area contributed by atoms with Crippen LogP contribution in [0.5, 0.6) is 5.75 Å². The van der Waals surface area contributed by atoms with Gasteiger partial charge < -0.3 is 10.1 Å². The predicted octanol–water partition coefficient (Wildman–Crippen LogP) is 4.40. The van der Waals surface area contributed by atoms with E-state index in [1.165, 1.54) is 23.5 Å². The van der Waals surface area contributed by atoms with Crippen molar-refractivity contribution in [3.05, 3.63) is 58.6 Å². The molecule has 1 aliphatic rings. The van der Waals surface area contributed by atoms with Crippen molar-refractivity contribution < 1.29 is 17.9 Å². The molecule has 1 N–H and O–H groups in total. The summed E-state index contributed by atoms with van der Waals surface area (Å²) in [5.41, 5.74) is 1.16. The molecule has 30 heavy (non-hydrogen) atoms. The number of amides is 1. The lowest BCUT2D eigenvalue weighted by Crippen LogP contribution is -2.42. The lowest BCUT2D eigenvalue weighted by molar-refractivity contribution is 0.0939. The summed E-state index contributed by atoms with van der Waals surface area (Å²) in [5, 5.41) is 3.52. The molecule has 1 amide bonds. The summed E-state index contributed by atoms with van der Waals surface area (Å²) in [6, 6.07) is 11.4. The van der Waals surface area contributed by atoms with Crippen LogP contribution in [0.15, 0.2) is 47.4 Å². The zero-order chi connectivity index (χ0) is 21.9. The first-order valence-corrected chi connectivity index (χ1v) is 11.8. The second-order valence-corrected chi connectivity index (χ2v) is 9.87. The van der Waals surface area contributed by atoms with Crippen molar-refractivity contribution in [2.45, 2.75) is 50.1 Å². The first-order valence-electron chi connectivity index (χ1n) is 10.00. The van der Waals surface area contributed by atoms with E-state index < -0.39 is 10.0 Å². The SMILES string of the molecule is COc1ccc(C(=O)NC(C)c2ccc(Cl)cc2)cc1S(=O)(=O)N1CCCCC1C. The quantitative estimate of drug-likeness (QED) is 0.707. The summed E-state index contributed by atoms with van der Waals surface area (Å²) in [6.45, 7) is 4.24. The fraction of sp³-hybridized carbons (Fsp3) is 0.409. The number of hydrogen-bond donors (Lipinski definition) is 1. The van der Waals surface area contributed by atoms with Gasteiger partial charge in [0.2, 0.25) is 10.0 Å². The van der Waals surface area contributed by atoms with Gasteiger partial charge in [-0.25, -0.2) is 8.42 Å². The minimum atomic E-state index is -3.78. The monoisotopic (exact) mass is 450 g/mol. The summed E-state index contributed by atoms with van der Waals surface area (Å²) < 4.78 is 33.5. The minimum Gasteiger partial charge on any atom is -0.495 e. The molecule has 0 bridgehead atoms. The highest BCUT2D eigenvalue weighted by molar-refractivity contribution is 7.89. The number of carbonyl (C=O) groups is 1. The number of ether oxygens (including phenoxy) is 1. The Balaban J connectivity index is 1.88. The molecular weight excluding hydrogens is 424 g/mol. The number of sulfonamides is 1. The van der Waals surface area contributed by atoms with Gasteiger partial charge >= 0.3 is 0 Å². The molecule has 1 heterocycles. The Morgan fingerprint density at radius 2 is 1.90 bits per heavy atom. The van der Waals surface area contributed by atoms with Crippen LogP contribution in [0, 0.1) is 0 Å². The fourth-order valence-corrected chi connectivity index (χ4v) is 5.70. The van der Waals surface area contributed by atoms with Crippen molar-refractivity contribution >= 4 is 27.5 Å². The normalized spacial score (nSPS) is 18.6. The molecule has 2 aromatic rings. The van der Waals surface area contributed by atoms with Crippen LogP contribution in [-0.4, -0.2) is 38.3 Å². The Kier molecular flexibility index (Phi) is 7.06. The van der Waals surface area contributed by atoms with Crippen LogP contribution in [0.3, 0.4) is 0 Å². The second-order valence-electron chi connectivity index (χ2n) is 7.57. The van der Waals surface area contributed by atoms with Crippen LogP contribution >= 0.6 is 11.6 Å². The molecule has 1 fully saturated rings. The second kappa shape index (κ2) is 9.37. The minimum absolute atomic E-state index is 0.0190. The third kappa shape index (κ3) is 4.79. The smallest absolute Gasteiger partial charge is 0.251 e. The fourth-order valence-electron chi connectivity index (χ4n) is 3.69. The highest BCUT2D eigenvalue weighted by atomic mass is 35.5. The third-order valence-corrected chi connectivity index (χ3v) is 7.76. The maximum atomic E-state index is 13.3. The first-order chi connectivity index (χ1) is 14.2. The van der Waals surface area contributed by atoms with Gasteiger partial charge in [0, 0.05) is 23.2 Å². The average molecular weight is 451 g/mol. The lowest BCUT2D eigenvalue weighted by atomic mass is 10.1. The Morgan fingerprint density at radius 1 is 1.20 bits per heavy atom. The van der Waals surface area contributed by atoms with Gasteiger partial charge in [0.1, 0.15) is 10.6 Å². The van der Waals surface area contributed by atoms with Crippen molar-refractivity contribution in [2.24, 2.45) is 0 Å². The highest BCUT2D eigenvalue weighted by Gasteiger charge is 2.33. The number of carbonyl (C=O) groups excluding carboxylic acids is 1. The first kappa shape index (κ1) is 22.6. The number of nitrogens with zero attached hydrogens (tertiary/aromatic N) is 1. The van der Waals surface area contributed by atoms with E-state index in [1.54, 1.807) is 18.2 Å². The van der Waals surface area contributed by atoms with E-state index in [-0.39, 0.29) is 34.2 Å². The van der Waals surface area contributed by atoms with Gasteiger partial charge in [-0.3, -0.25) is 4.79 Å². The van der Waals surface area contributed by atoms with Gasteiger partial charge in [0.15, 0.2) is 0 Å². The van der Waals surface area contributed by atoms with E-state index in [1.807, 2.05) is 26.0 Å². The van der Waals surface area contributed by atoms with Gasteiger partial charge in [-0.2, -0.15) is 4.31 Å². The van der Waals surface area contributed by atoms with Gasteiger partial charge in [0.25, 0.3) is 5.91 Å². The zero-order valence-corrected chi connectivity index (χ0v) is 19.0. The molecule has 6 nitrogen and oxygen atoms in total. The van der Waals surface area contributed by atoms with Gasteiger partial charge in [-0.1, -0.05) is 30.2 Å². The number of piperidine rings is 1. The molecule has 0 aromatic heterocycles. The molecule has 2 unspecified atom stereocenters. The van der Waals surface area contributed by atoms with Crippen LogP contribution in [-0.2, 0) is 10.0 Å². The number of halogens is 1. The van der Waals surface area contributed by atoms with Crippen molar-refractivity contribution in [2.75, 3.05) is 13.7 Å². The summed E-state index contributed by atoms with van der Waals surface area (Å²) >= 11 is 5.92. The van der Waals surface area contributed by atoms with Crippen molar-refractivity contribution in [3.8, 4) is 5.75 Å². The predicted molar refractivity (Wildman–Crippen MR) is 118 cm³/mol. The molecule has 2 aromatic carbocycles. The Bertz CT molecular complexity index is 1010. The summed E-state index contributed by atoms with van der Waals surface area (Å²) in [6.07, 6.45) is 2.65. The Morgan fingerprint density at radius 3 is 2.53 bits per heavy atom. The van der Waals surface area contributed by atoms with E-state index >= 15 is 0 Å². The van der Waals surface area contributed by atoms with Gasteiger partial charge in [0.05, 0.1) is 13.2 Å². The van der Waals surface area contributed by atoms with E-state index in [0.29, 0.717) is 11.6 Å². The molecule has 0 radical (unpaired) electrons. The largest absolute Gasteiger partial charge is 0.495 e. The Hall–Kier alpha value is -2.09. The maximum absolute atomic E-state index is 13.3. The Labute approximate surface area is 183 Å². The number of methoxy groups -OCH3 is 1. The van der Waals surface area contributed by atoms with E-state index in [4.69, 9.17) is 16.3 Å². The van der Waals surface area contributed by atoms with Crippen molar-refractivity contribution in [3.63, 3.8) is 0 Å². The molecule has 0 aliphatic carbocycles. The van der Waals surface area contributed by atoms with Gasteiger partial charge in [-0.05, 0) is 62.6 Å². The number of rotatable bonds is 6. The van der Waals surface area contributed by atoms with Crippen LogP contribution in [0.4, 0.5) is 0 Å². The van der Waals surface area contributed by atoms with Crippen LogP contribution in [0.25, 0.3) is 0 Å². The third-order valence-electron chi connectivity index (χ3n) is 5.47. The van der Waals surface area contributed by atoms with Crippen LogP contribution in [0.1, 0.15) is 55.1 Å². The molecule has 162 valence electrons.